The van der Waals surface area contributed by atoms with E-state index >= 15 is 0 Å². The Morgan fingerprint density at radius 3 is 2.74 bits per heavy atom. The van der Waals surface area contributed by atoms with Crippen molar-refractivity contribution in [2.24, 2.45) is 5.16 Å². The van der Waals surface area contributed by atoms with Crippen LogP contribution >= 0.6 is 11.8 Å². The van der Waals surface area contributed by atoms with Crippen LogP contribution in [-0.2, 0) is 24.0 Å². The van der Waals surface area contributed by atoms with Crippen molar-refractivity contribution in [2.75, 3.05) is 45.2 Å². The van der Waals surface area contributed by atoms with Crippen LogP contribution in [0.2, 0.25) is 0 Å². The first kappa shape index (κ1) is 25.2. The maximum atomic E-state index is 12.7. The third-order valence-corrected chi connectivity index (χ3v) is 7.26. The summed E-state index contributed by atoms with van der Waals surface area (Å²) in [5.74, 6) is -2.24. The Hall–Kier alpha value is -2.93. The predicted octanol–water partition coefficient (Wildman–Crippen LogP) is 0.183. The van der Waals surface area contributed by atoms with E-state index in [-0.39, 0.29) is 11.4 Å². The number of β-lactam (4-membered cyclic amide) rings is 1. The molecule has 3 heterocycles. The molecule has 2 saturated heterocycles. The number of amides is 2. The number of hydrogen-bond donors (Lipinski definition) is 3. The third kappa shape index (κ3) is 5.84. The molecular formula is C23H28N4O7S. The van der Waals surface area contributed by atoms with Gasteiger partial charge in [-0.3, -0.25) is 19.4 Å². The predicted molar refractivity (Wildman–Crippen MR) is 127 cm³/mol. The number of benzene rings is 1. The first-order valence-electron chi connectivity index (χ1n) is 11.4. The summed E-state index contributed by atoms with van der Waals surface area (Å²) in [5.41, 5.74) is 0.586. The second-order valence-electron chi connectivity index (χ2n) is 8.26. The standard InChI is InChI=1S/C23H28N4O7S/c28-19(15-5-2-1-3-6-15)20(29)25-17-21(30)27-18(23(31)32)16(14-35-22(17)27)13-24-34-10-4-7-26-8-11-33-12-9-26/h1-3,5-6,13,17,19,22,28H,4,7-12,14H2,(H,25,29)(H,31,32)/t17-,19?,22+/m1/s1. The van der Waals surface area contributed by atoms with Gasteiger partial charge in [0.2, 0.25) is 0 Å². The minimum atomic E-state index is -1.43. The maximum absolute atomic E-state index is 12.7. The Bertz CT molecular complexity index is 997. The Labute approximate surface area is 206 Å². The van der Waals surface area contributed by atoms with Gasteiger partial charge in [-0.2, -0.15) is 0 Å². The SMILES string of the molecule is O=C(O)C1=C(C=NOCCCN2CCOCC2)CS[C@H]2[C@H](NC(=O)C(O)c3ccccc3)C(=O)N12. The number of carboxylic acids is 1. The number of fused-ring (bicyclic) bond motifs is 1. The third-order valence-electron chi connectivity index (χ3n) is 5.96. The van der Waals surface area contributed by atoms with Crippen LogP contribution in [0.4, 0.5) is 0 Å². The van der Waals surface area contributed by atoms with Crippen molar-refractivity contribution >= 4 is 35.8 Å². The molecule has 2 fully saturated rings. The van der Waals surface area contributed by atoms with Crippen LogP contribution in [0, 0.1) is 0 Å². The molecule has 11 nitrogen and oxygen atoms in total. The summed E-state index contributed by atoms with van der Waals surface area (Å²) < 4.78 is 5.31. The van der Waals surface area contributed by atoms with E-state index in [4.69, 9.17) is 9.57 Å². The highest BCUT2D eigenvalue weighted by atomic mass is 32.2. The number of hydrogen-bond acceptors (Lipinski definition) is 9. The van der Waals surface area contributed by atoms with Crippen molar-refractivity contribution < 1.29 is 34.2 Å². The van der Waals surface area contributed by atoms with Gasteiger partial charge >= 0.3 is 5.97 Å². The molecule has 4 rings (SSSR count). The molecule has 2 amide bonds. The molecule has 0 aromatic heterocycles. The molecule has 0 bridgehead atoms. The van der Waals surface area contributed by atoms with Gasteiger partial charge in [0.25, 0.3) is 11.8 Å². The number of carbonyl (C=O) groups excluding carboxylic acids is 2. The summed E-state index contributed by atoms with van der Waals surface area (Å²) in [4.78, 5) is 45.9. The minimum absolute atomic E-state index is 0.173. The number of aliphatic carboxylic acids is 1. The summed E-state index contributed by atoms with van der Waals surface area (Å²) in [7, 11) is 0. The number of ether oxygens (including phenoxy) is 1. The second kappa shape index (κ2) is 11.7. The molecule has 35 heavy (non-hydrogen) atoms. The number of oxime groups is 1. The topological polar surface area (TPSA) is 141 Å². The van der Waals surface area contributed by atoms with Crippen molar-refractivity contribution in [3.63, 3.8) is 0 Å². The number of rotatable bonds is 10. The molecule has 12 heteroatoms. The molecule has 0 saturated carbocycles. The normalized spacial score (nSPS) is 23.6. The lowest BCUT2D eigenvalue weighted by Gasteiger charge is -2.49. The number of carbonyl (C=O) groups is 3. The number of thioether (sulfide) groups is 1. The van der Waals surface area contributed by atoms with Crippen molar-refractivity contribution in [1.82, 2.24) is 15.1 Å². The Morgan fingerprint density at radius 1 is 1.29 bits per heavy atom. The van der Waals surface area contributed by atoms with Gasteiger partial charge in [0.05, 0.1) is 19.4 Å². The van der Waals surface area contributed by atoms with E-state index in [0.29, 0.717) is 17.7 Å². The molecule has 0 radical (unpaired) electrons. The number of nitrogens with zero attached hydrogens (tertiary/aromatic N) is 3. The zero-order valence-corrected chi connectivity index (χ0v) is 19.9. The average Bonchev–Trinajstić information content (AvgIpc) is 2.89. The Kier molecular flexibility index (Phi) is 8.39. The minimum Gasteiger partial charge on any atom is -0.477 e. The van der Waals surface area contributed by atoms with Gasteiger partial charge in [-0.25, -0.2) is 4.79 Å². The Morgan fingerprint density at radius 2 is 2.03 bits per heavy atom. The molecule has 3 N–H and O–H groups in total. The van der Waals surface area contributed by atoms with Crippen LogP contribution in [0.25, 0.3) is 0 Å². The van der Waals surface area contributed by atoms with Gasteiger partial charge in [-0.15, -0.1) is 11.8 Å². The number of aliphatic hydroxyl groups is 1. The molecule has 3 aliphatic rings. The fourth-order valence-corrected chi connectivity index (χ4v) is 5.39. The van der Waals surface area contributed by atoms with Crippen molar-refractivity contribution in [2.45, 2.75) is 23.9 Å². The van der Waals surface area contributed by atoms with Gasteiger partial charge in [0, 0.05) is 31.0 Å². The second-order valence-corrected chi connectivity index (χ2v) is 9.37. The first-order valence-corrected chi connectivity index (χ1v) is 12.4. The molecule has 3 atom stereocenters. The Balaban J connectivity index is 1.31. The summed E-state index contributed by atoms with van der Waals surface area (Å²) in [6, 6.07) is 7.44. The van der Waals surface area contributed by atoms with E-state index in [1.807, 2.05) is 0 Å². The lowest BCUT2D eigenvalue weighted by molar-refractivity contribution is -0.151. The fraction of sp³-hybridized carbons (Fsp3) is 0.478. The number of carboxylic acid groups (broad SMARTS) is 1. The van der Waals surface area contributed by atoms with Crippen LogP contribution < -0.4 is 5.32 Å². The zero-order chi connectivity index (χ0) is 24.8. The monoisotopic (exact) mass is 504 g/mol. The van der Waals surface area contributed by atoms with Crippen LogP contribution in [0.3, 0.4) is 0 Å². The highest BCUT2D eigenvalue weighted by Crippen LogP contribution is 2.40. The van der Waals surface area contributed by atoms with E-state index in [1.54, 1.807) is 30.3 Å². The quantitative estimate of drug-likeness (QED) is 0.176. The largest absolute Gasteiger partial charge is 0.477 e. The molecule has 0 spiro atoms. The van der Waals surface area contributed by atoms with E-state index in [9.17, 15) is 24.6 Å². The van der Waals surface area contributed by atoms with E-state index < -0.39 is 35.3 Å². The highest BCUT2D eigenvalue weighted by Gasteiger charge is 2.54. The number of nitrogens with one attached hydrogen (secondary N) is 1. The molecule has 188 valence electrons. The lowest BCUT2D eigenvalue weighted by atomic mass is 10.0. The molecule has 1 aromatic rings. The van der Waals surface area contributed by atoms with Crippen LogP contribution in [0.1, 0.15) is 18.1 Å². The number of aliphatic hydroxyl groups excluding tert-OH is 1. The van der Waals surface area contributed by atoms with Crippen LogP contribution in [0.5, 0.6) is 0 Å². The van der Waals surface area contributed by atoms with Gasteiger partial charge in [-0.1, -0.05) is 35.5 Å². The zero-order valence-electron chi connectivity index (χ0n) is 19.0. The van der Waals surface area contributed by atoms with Crippen molar-refractivity contribution in [1.29, 1.82) is 0 Å². The van der Waals surface area contributed by atoms with Gasteiger partial charge in [0.15, 0.2) is 6.10 Å². The highest BCUT2D eigenvalue weighted by molar-refractivity contribution is 8.00. The maximum Gasteiger partial charge on any atom is 0.353 e. The average molecular weight is 505 g/mol. The summed E-state index contributed by atoms with van der Waals surface area (Å²) in [5, 5.41) is 25.9. The smallest absolute Gasteiger partial charge is 0.353 e. The summed E-state index contributed by atoms with van der Waals surface area (Å²) in [6.07, 6.45) is 0.684. The van der Waals surface area contributed by atoms with Crippen LogP contribution in [0.15, 0.2) is 46.8 Å². The molecule has 1 unspecified atom stereocenters. The first-order chi connectivity index (χ1) is 17.0. The van der Waals surface area contributed by atoms with Crippen molar-refractivity contribution in [3.05, 3.63) is 47.2 Å². The molecular weight excluding hydrogens is 476 g/mol. The fourth-order valence-electron chi connectivity index (χ4n) is 4.09. The summed E-state index contributed by atoms with van der Waals surface area (Å²) >= 11 is 1.31. The van der Waals surface area contributed by atoms with E-state index in [2.05, 4.69) is 15.4 Å². The van der Waals surface area contributed by atoms with Gasteiger partial charge < -0.3 is 25.1 Å². The number of morpholine rings is 1. The van der Waals surface area contributed by atoms with E-state index in [0.717, 1.165) is 44.2 Å². The summed E-state index contributed by atoms with van der Waals surface area (Å²) in [6.45, 7) is 4.52. The van der Waals surface area contributed by atoms with E-state index in [1.165, 1.54) is 18.0 Å². The van der Waals surface area contributed by atoms with Gasteiger partial charge in [-0.05, 0) is 12.0 Å². The van der Waals surface area contributed by atoms with Crippen molar-refractivity contribution in [3.8, 4) is 0 Å². The molecule has 1 aromatic carbocycles. The molecule has 3 aliphatic heterocycles. The van der Waals surface area contributed by atoms with Gasteiger partial charge in [0.1, 0.15) is 23.7 Å². The lowest BCUT2D eigenvalue weighted by Crippen LogP contribution is -2.70. The molecule has 0 aliphatic carbocycles. The van der Waals surface area contributed by atoms with Crippen LogP contribution in [-0.4, -0.2) is 101 Å².